The molecule has 3 rings (SSSR count). The zero-order valence-electron chi connectivity index (χ0n) is 10.7. The fraction of sp³-hybridized carbons (Fsp3) is 0.667. The van der Waals surface area contributed by atoms with Gasteiger partial charge in [0, 0.05) is 22.4 Å². The molecule has 2 nitrogen and oxygen atoms in total. The molecule has 0 bridgehead atoms. The predicted molar refractivity (Wildman–Crippen MR) is 77.5 cm³/mol. The van der Waals surface area contributed by atoms with Gasteiger partial charge in [0.05, 0.1) is 0 Å². The molecule has 98 valence electrons. The average molecular weight is 309 g/mol. The highest BCUT2D eigenvalue weighted by atomic mass is 79.9. The maximum absolute atomic E-state index is 4.52. The number of nitrogens with one attached hydrogen (secondary N) is 1. The fourth-order valence-electron chi connectivity index (χ4n) is 3.05. The van der Waals surface area contributed by atoms with Gasteiger partial charge in [-0.25, -0.2) is 0 Å². The van der Waals surface area contributed by atoms with Gasteiger partial charge < -0.3 is 5.32 Å². The van der Waals surface area contributed by atoms with Gasteiger partial charge in [0.2, 0.25) is 0 Å². The summed E-state index contributed by atoms with van der Waals surface area (Å²) in [5, 5.41) is 3.70. The van der Waals surface area contributed by atoms with Crippen LogP contribution in [-0.4, -0.2) is 17.6 Å². The number of hydrogen-bond donors (Lipinski definition) is 1. The van der Waals surface area contributed by atoms with E-state index >= 15 is 0 Å². The molecule has 2 aliphatic carbocycles. The topological polar surface area (TPSA) is 24.9 Å². The highest BCUT2D eigenvalue weighted by Crippen LogP contribution is 2.34. The Kier molecular flexibility index (Phi) is 4.00. The van der Waals surface area contributed by atoms with Gasteiger partial charge in [-0.05, 0) is 78.5 Å². The molecule has 2 atom stereocenters. The van der Waals surface area contributed by atoms with E-state index in [9.17, 15) is 0 Å². The predicted octanol–water partition coefficient (Wildman–Crippen LogP) is 3.55. The summed E-state index contributed by atoms with van der Waals surface area (Å²) in [6, 6.07) is 5.11. The summed E-state index contributed by atoms with van der Waals surface area (Å²) < 4.78 is 1.07. The van der Waals surface area contributed by atoms with Crippen LogP contribution in [0.2, 0.25) is 0 Å². The second-order valence-corrected chi connectivity index (χ2v) is 6.72. The van der Waals surface area contributed by atoms with E-state index in [0.717, 1.165) is 28.8 Å². The molecule has 0 amide bonds. The van der Waals surface area contributed by atoms with Gasteiger partial charge in [-0.15, -0.1) is 0 Å². The fourth-order valence-corrected chi connectivity index (χ4v) is 3.29. The lowest BCUT2D eigenvalue weighted by Gasteiger charge is -2.19. The zero-order chi connectivity index (χ0) is 12.4. The average Bonchev–Trinajstić information content (AvgIpc) is 3.11. The Morgan fingerprint density at radius 2 is 2.00 bits per heavy atom. The van der Waals surface area contributed by atoms with Crippen LogP contribution in [0.25, 0.3) is 0 Å². The van der Waals surface area contributed by atoms with Gasteiger partial charge in [-0.3, -0.25) is 4.98 Å². The Balaban J connectivity index is 1.54. The van der Waals surface area contributed by atoms with Crippen LogP contribution in [0.3, 0.4) is 0 Å². The molecule has 1 aromatic rings. The van der Waals surface area contributed by atoms with Crippen LogP contribution in [-0.2, 0) is 6.42 Å². The highest BCUT2D eigenvalue weighted by Gasteiger charge is 2.29. The van der Waals surface area contributed by atoms with Crippen LogP contribution in [0.4, 0.5) is 0 Å². The zero-order valence-corrected chi connectivity index (χ0v) is 12.3. The minimum atomic E-state index is 0.838. The largest absolute Gasteiger partial charge is 0.314 e. The lowest BCUT2D eigenvalue weighted by atomic mass is 9.91. The molecule has 1 N–H and O–H groups in total. The Morgan fingerprint density at radius 1 is 1.17 bits per heavy atom. The maximum Gasteiger partial charge on any atom is 0.0413 e. The van der Waals surface area contributed by atoms with Crippen LogP contribution >= 0.6 is 15.9 Å². The summed E-state index contributed by atoms with van der Waals surface area (Å²) in [7, 11) is 0. The Labute approximate surface area is 118 Å². The highest BCUT2D eigenvalue weighted by molar-refractivity contribution is 9.10. The van der Waals surface area contributed by atoms with Gasteiger partial charge in [0.25, 0.3) is 0 Å². The molecule has 18 heavy (non-hydrogen) atoms. The van der Waals surface area contributed by atoms with E-state index in [-0.39, 0.29) is 0 Å². The third-order valence-electron chi connectivity index (χ3n) is 4.32. The van der Waals surface area contributed by atoms with E-state index in [4.69, 9.17) is 0 Å². The van der Waals surface area contributed by atoms with Crippen molar-refractivity contribution in [3.63, 3.8) is 0 Å². The molecule has 1 heterocycles. The number of aromatic nitrogens is 1. The summed E-state index contributed by atoms with van der Waals surface area (Å²) in [6.07, 6.45) is 10.1. The van der Waals surface area contributed by atoms with Crippen molar-refractivity contribution in [1.29, 1.82) is 0 Å². The molecular weight excluding hydrogens is 288 g/mol. The lowest BCUT2D eigenvalue weighted by Crippen LogP contribution is -2.27. The molecule has 1 aromatic heterocycles. The van der Waals surface area contributed by atoms with Crippen LogP contribution in [0.5, 0.6) is 0 Å². The van der Waals surface area contributed by atoms with E-state index < -0.39 is 0 Å². The number of pyridine rings is 1. The van der Waals surface area contributed by atoms with Gasteiger partial charge in [0.15, 0.2) is 0 Å². The minimum Gasteiger partial charge on any atom is -0.314 e. The number of halogens is 1. The molecule has 0 saturated heterocycles. The normalized spacial score (nSPS) is 27.6. The van der Waals surface area contributed by atoms with E-state index in [1.165, 1.54) is 44.3 Å². The molecule has 0 aromatic carbocycles. The first-order chi connectivity index (χ1) is 8.81. The number of rotatable bonds is 5. The van der Waals surface area contributed by atoms with Crippen LogP contribution in [0.1, 0.15) is 37.8 Å². The van der Waals surface area contributed by atoms with Crippen molar-refractivity contribution in [3.8, 4) is 0 Å². The van der Waals surface area contributed by atoms with E-state index in [1.54, 1.807) is 0 Å². The molecule has 2 unspecified atom stereocenters. The Bertz CT molecular complexity index is 386. The molecule has 0 aliphatic heterocycles. The number of hydrogen-bond acceptors (Lipinski definition) is 2. The van der Waals surface area contributed by atoms with Crippen molar-refractivity contribution >= 4 is 15.9 Å². The van der Waals surface area contributed by atoms with E-state index in [1.807, 2.05) is 6.20 Å². The van der Waals surface area contributed by atoms with E-state index in [0.29, 0.717) is 0 Å². The van der Waals surface area contributed by atoms with Crippen molar-refractivity contribution in [1.82, 2.24) is 10.3 Å². The molecule has 0 radical (unpaired) electrons. The third-order valence-corrected chi connectivity index (χ3v) is 4.79. The second-order valence-electron chi connectivity index (χ2n) is 5.81. The minimum absolute atomic E-state index is 0.838. The van der Waals surface area contributed by atoms with Crippen molar-refractivity contribution in [2.75, 3.05) is 6.54 Å². The van der Waals surface area contributed by atoms with Gasteiger partial charge in [-0.2, -0.15) is 0 Å². The summed E-state index contributed by atoms with van der Waals surface area (Å²) in [5.41, 5.74) is 1.25. The second kappa shape index (κ2) is 5.70. The van der Waals surface area contributed by atoms with Crippen LogP contribution in [0, 0.1) is 11.8 Å². The quantitative estimate of drug-likeness (QED) is 0.899. The first kappa shape index (κ1) is 12.6. The van der Waals surface area contributed by atoms with Crippen molar-refractivity contribution in [2.45, 2.75) is 44.6 Å². The Hall–Kier alpha value is -0.410. The van der Waals surface area contributed by atoms with Gasteiger partial charge >= 0.3 is 0 Å². The van der Waals surface area contributed by atoms with Crippen LogP contribution in [0.15, 0.2) is 22.8 Å². The standard InChI is InChI=1S/C15H21BrN2/c16-13-4-5-15(18-10-13)8-11-2-1-3-12(11)9-17-14-6-7-14/h4-5,10-12,14,17H,1-3,6-9H2. The first-order valence-electron chi connectivity index (χ1n) is 7.15. The molecule has 2 aliphatic rings. The summed E-state index contributed by atoms with van der Waals surface area (Å²) >= 11 is 3.45. The monoisotopic (exact) mass is 308 g/mol. The molecule has 2 fully saturated rings. The SMILES string of the molecule is Brc1ccc(CC2CCCC2CNC2CC2)nc1. The lowest BCUT2D eigenvalue weighted by molar-refractivity contribution is 0.361. The third kappa shape index (κ3) is 3.33. The van der Waals surface area contributed by atoms with Crippen molar-refractivity contribution in [2.24, 2.45) is 11.8 Å². The Morgan fingerprint density at radius 3 is 2.72 bits per heavy atom. The van der Waals surface area contributed by atoms with Crippen LogP contribution < -0.4 is 5.32 Å². The molecular formula is C15H21BrN2. The summed E-state index contributed by atoms with van der Waals surface area (Å²) in [6.45, 7) is 1.23. The number of nitrogens with zero attached hydrogens (tertiary/aromatic N) is 1. The van der Waals surface area contributed by atoms with Crippen molar-refractivity contribution < 1.29 is 0 Å². The summed E-state index contributed by atoms with van der Waals surface area (Å²) in [5.74, 6) is 1.71. The molecule has 0 spiro atoms. The first-order valence-corrected chi connectivity index (χ1v) is 7.94. The smallest absolute Gasteiger partial charge is 0.0413 e. The van der Waals surface area contributed by atoms with Gasteiger partial charge in [-0.1, -0.05) is 6.42 Å². The molecule has 3 heteroatoms. The van der Waals surface area contributed by atoms with E-state index in [2.05, 4.69) is 38.4 Å². The van der Waals surface area contributed by atoms with Crippen molar-refractivity contribution in [3.05, 3.63) is 28.5 Å². The van der Waals surface area contributed by atoms with Gasteiger partial charge in [0.1, 0.15) is 0 Å². The maximum atomic E-state index is 4.52. The summed E-state index contributed by atoms with van der Waals surface area (Å²) in [4.78, 5) is 4.52. The molecule has 2 saturated carbocycles.